The molecule has 116 valence electrons. The number of methoxy groups -OCH3 is 1. The molecule has 1 aromatic carbocycles. The number of nitrogens with zero attached hydrogens (tertiary/aromatic N) is 3. The molecule has 0 radical (unpaired) electrons. The molecule has 1 aromatic rings. The van der Waals surface area contributed by atoms with Crippen molar-refractivity contribution in [2.75, 3.05) is 39.2 Å². The monoisotopic (exact) mass is 292 g/mol. The lowest BCUT2D eigenvalue weighted by molar-refractivity contribution is 0.318. The molecule has 6 heteroatoms. The van der Waals surface area contributed by atoms with Crippen LogP contribution in [0.5, 0.6) is 5.75 Å². The minimum atomic E-state index is 0.128. The topological polar surface area (TPSA) is 74.3 Å². The zero-order chi connectivity index (χ0) is 15.4. The van der Waals surface area contributed by atoms with Gasteiger partial charge in [-0.15, -0.1) is 0 Å². The average molecular weight is 292 g/mol. The van der Waals surface area contributed by atoms with E-state index in [1.807, 2.05) is 18.2 Å². The Kier molecular flexibility index (Phi) is 4.90. The SMILES string of the molecule is COc1ccc(/C(N)=N/O)c(N2CCCC2CN(C)C)c1. The Morgan fingerprint density at radius 3 is 2.90 bits per heavy atom. The second-order valence-corrected chi connectivity index (χ2v) is 5.62. The highest BCUT2D eigenvalue weighted by Crippen LogP contribution is 2.32. The summed E-state index contributed by atoms with van der Waals surface area (Å²) in [7, 11) is 5.79. The van der Waals surface area contributed by atoms with Gasteiger partial charge in [0.2, 0.25) is 0 Å². The zero-order valence-corrected chi connectivity index (χ0v) is 12.9. The van der Waals surface area contributed by atoms with E-state index in [4.69, 9.17) is 15.7 Å². The van der Waals surface area contributed by atoms with Crippen LogP contribution in [-0.2, 0) is 0 Å². The Bertz CT molecular complexity index is 516. The van der Waals surface area contributed by atoms with Crippen molar-refractivity contribution in [1.82, 2.24) is 4.90 Å². The Morgan fingerprint density at radius 1 is 1.52 bits per heavy atom. The summed E-state index contributed by atoms with van der Waals surface area (Å²) in [6.45, 7) is 1.95. The Morgan fingerprint density at radius 2 is 2.29 bits per heavy atom. The number of rotatable bonds is 5. The van der Waals surface area contributed by atoms with Gasteiger partial charge in [0.15, 0.2) is 5.84 Å². The second-order valence-electron chi connectivity index (χ2n) is 5.62. The van der Waals surface area contributed by atoms with Crippen molar-refractivity contribution in [3.63, 3.8) is 0 Å². The van der Waals surface area contributed by atoms with Crippen molar-refractivity contribution in [1.29, 1.82) is 0 Å². The van der Waals surface area contributed by atoms with Crippen LogP contribution in [0.4, 0.5) is 5.69 Å². The molecule has 3 N–H and O–H groups in total. The summed E-state index contributed by atoms with van der Waals surface area (Å²) in [6.07, 6.45) is 2.29. The normalized spacial score (nSPS) is 19.3. The van der Waals surface area contributed by atoms with E-state index in [0.29, 0.717) is 6.04 Å². The number of oxime groups is 1. The number of amidine groups is 1. The lowest BCUT2D eigenvalue weighted by Crippen LogP contribution is -2.38. The molecule has 6 nitrogen and oxygen atoms in total. The molecule has 0 aliphatic carbocycles. The summed E-state index contributed by atoms with van der Waals surface area (Å²) in [5.41, 5.74) is 7.53. The summed E-state index contributed by atoms with van der Waals surface area (Å²) in [4.78, 5) is 4.52. The number of likely N-dealkylation sites (N-methyl/N-ethyl adjacent to an activating group) is 1. The molecule has 0 saturated carbocycles. The lowest BCUT2D eigenvalue weighted by Gasteiger charge is -2.30. The molecule has 0 spiro atoms. The highest BCUT2D eigenvalue weighted by molar-refractivity contribution is 6.02. The van der Waals surface area contributed by atoms with Gasteiger partial charge in [0, 0.05) is 30.8 Å². The molecule has 21 heavy (non-hydrogen) atoms. The van der Waals surface area contributed by atoms with Crippen LogP contribution in [0.15, 0.2) is 23.4 Å². The fourth-order valence-corrected chi connectivity index (χ4v) is 2.91. The molecular formula is C15H24N4O2. The van der Waals surface area contributed by atoms with Crippen molar-refractivity contribution in [3.8, 4) is 5.75 Å². The summed E-state index contributed by atoms with van der Waals surface area (Å²) >= 11 is 0. The van der Waals surface area contributed by atoms with Crippen LogP contribution in [0.25, 0.3) is 0 Å². The van der Waals surface area contributed by atoms with Gasteiger partial charge < -0.3 is 25.5 Å². The Labute approximate surface area is 125 Å². The maximum atomic E-state index is 9.00. The van der Waals surface area contributed by atoms with E-state index >= 15 is 0 Å². The van der Waals surface area contributed by atoms with Gasteiger partial charge in [0.25, 0.3) is 0 Å². The first-order chi connectivity index (χ1) is 10.1. The van der Waals surface area contributed by atoms with Gasteiger partial charge in [-0.05, 0) is 39.1 Å². The van der Waals surface area contributed by atoms with E-state index in [0.717, 1.165) is 42.9 Å². The maximum absolute atomic E-state index is 9.00. The smallest absolute Gasteiger partial charge is 0.172 e. The van der Waals surface area contributed by atoms with Gasteiger partial charge >= 0.3 is 0 Å². The molecular weight excluding hydrogens is 268 g/mol. The van der Waals surface area contributed by atoms with Gasteiger partial charge in [-0.2, -0.15) is 0 Å². The third-order valence-corrected chi connectivity index (χ3v) is 3.85. The molecule has 1 atom stereocenters. The number of anilines is 1. The summed E-state index contributed by atoms with van der Waals surface area (Å²) in [6, 6.07) is 6.06. The molecule has 1 unspecified atom stereocenters. The van der Waals surface area contributed by atoms with Gasteiger partial charge in [-0.3, -0.25) is 0 Å². The highest BCUT2D eigenvalue weighted by atomic mass is 16.5. The van der Waals surface area contributed by atoms with Gasteiger partial charge in [-0.25, -0.2) is 0 Å². The highest BCUT2D eigenvalue weighted by Gasteiger charge is 2.27. The van der Waals surface area contributed by atoms with Crippen molar-refractivity contribution in [2.24, 2.45) is 10.9 Å². The van der Waals surface area contributed by atoms with E-state index in [1.54, 1.807) is 7.11 Å². The van der Waals surface area contributed by atoms with Crippen LogP contribution >= 0.6 is 0 Å². The molecule has 1 saturated heterocycles. The van der Waals surface area contributed by atoms with Crippen LogP contribution in [0, 0.1) is 0 Å². The Hall–Kier alpha value is -1.95. The average Bonchev–Trinajstić information content (AvgIpc) is 2.93. The molecule has 1 aliphatic heterocycles. The second kappa shape index (κ2) is 6.67. The van der Waals surface area contributed by atoms with E-state index in [9.17, 15) is 0 Å². The first kappa shape index (κ1) is 15.4. The molecule has 0 bridgehead atoms. The van der Waals surface area contributed by atoms with Crippen molar-refractivity contribution in [2.45, 2.75) is 18.9 Å². The van der Waals surface area contributed by atoms with E-state index in [2.05, 4.69) is 29.1 Å². The third-order valence-electron chi connectivity index (χ3n) is 3.85. The van der Waals surface area contributed by atoms with E-state index in [-0.39, 0.29) is 5.84 Å². The number of hydrogen-bond acceptors (Lipinski definition) is 5. The predicted molar refractivity (Wildman–Crippen MR) is 84.4 cm³/mol. The number of nitrogens with two attached hydrogens (primary N) is 1. The van der Waals surface area contributed by atoms with Gasteiger partial charge in [-0.1, -0.05) is 5.16 Å². The van der Waals surface area contributed by atoms with Crippen LogP contribution < -0.4 is 15.4 Å². The number of benzene rings is 1. The van der Waals surface area contributed by atoms with Crippen LogP contribution in [0.3, 0.4) is 0 Å². The van der Waals surface area contributed by atoms with Crippen molar-refractivity contribution in [3.05, 3.63) is 23.8 Å². The van der Waals surface area contributed by atoms with Crippen LogP contribution in [-0.4, -0.2) is 56.3 Å². The number of hydrogen-bond donors (Lipinski definition) is 2. The molecule has 1 fully saturated rings. The van der Waals surface area contributed by atoms with E-state index in [1.165, 1.54) is 0 Å². The zero-order valence-electron chi connectivity index (χ0n) is 12.9. The minimum absolute atomic E-state index is 0.128. The Balaban J connectivity index is 2.40. The van der Waals surface area contributed by atoms with Crippen molar-refractivity contribution < 1.29 is 9.94 Å². The molecule has 1 aliphatic rings. The predicted octanol–water partition coefficient (Wildman–Crippen LogP) is 1.32. The van der Waals surface area contributed by atoms with Crippen LogP contribution in [0.2, 0.25) is 0 Å². The molecule has 2 rings (SSSR count). The summed E-state index contributed by atoms with van der Waals surface area (Å²) in [5.74, 6) is 0.901. The van der Waals surface area contributed by atoms with Gasteiger partial charge in [0.05, 0.1) is 12.8 Å². The fourth-order valence-electron chi connectivity index (χ4n) is 2.91. The molecule has 0 aromatic heterocycles. The summed E-state index contributed by atoms with van der Waals surface area (Å²) < 4.78 is 5.32. The third kappa shape index (κ3) is 3.39. The quantitative estimate of drug-likeness (QED) is 0.370. The standard InChI is InChI=1S/C15H24N4O2/c1-18(2)10-11-5-4-8-19(11)14-9-12(21-3)6-7-13(14)15(16)17-20/h6-7,9,11,20H,4-5,8,10H2,1-3H3,(H2,16,17). The van der Waals surface area contributed by atoms with Gasteiger partial charge in [0.1, 0.15) is 5.75 Å². The largest absolute Gasteiger partial charge is 0.497 e. The fraction of sp³-hybridized carbons (Fsp3) is 0.533. The summed E-state index contributed by atoms with van der Waals surface area (Å²) in [5, 5.41) is 12.1. The first-order valence-corrected chi connectivity index (χ1v) is 7.14. The van der Waals surface area contributed by atoms with Crippen LogP contribution in [0.1, 0.15) is 18.4 Å². The number of ether oxygens (including phenoxy) is 1. The molecule has 0 amide bonds. The first-order valence-electron chi connectivity index (χ1n) is 7.14. The van der Waals surface area contributed by atoms with E-state index < -0.39 is 0 Å². The maximum Gasteiger partial charge on any atom is 0.172 e. The van der Waals surface area contributed by atoms with Crippen molar-refractivity contribution >= 4 is 11.5 Å². The lowest BCUT2D eigenvalue weighted by atomic mass is 10.1. The minimum Gasteiger partial charge on any atom is -0.497 e. The molecule has 1 heterocycles.